The van der Waals surface area contributed by atoms with Gasteiger partial charge in [0.25, 0.3) is 0 Å². The summed E-state index contributed by atoms with van der Waals surface area (Å²) in [5.41, 5.74) is 12.7. The van der Waals surface area contributed by atoms with Crippen molar-refractivity contribution in [1.82, 2.24) is 4.90 Å². The summed E-state index contributed by atoms with van der Waals surface area (Å²) in [7, 11) is 0. The molecule has 1 aliphatic rings. The third-order valence-electron chi connectivity index (χ3n) is 3.40. The summed E-state index contributed by atoms with van der Waals surface area (Å²) in [6, 6.07) is 8.00. The van der Waals surface area contributed by atoms with Crippen LogP contribution in [0.25, 0.3) is 0 Å². The third kappa shape index (κ3) is 3.45. The van der Waals surface area contributed by atoms with Crippen molar-refractivity contribution in [2.75, 3.05) is 13.1 Å². The zero-order valence-electron chi connectivity index (χ0n) is 10.3. The Morgan fingerprint density at radius 2 is 2.00 bits per heavy atom. The fourth-order valence-electron chi connectivity index (χ4n) is 2.38. The van der Waals surface area contributed by atoms with Gasteiger partial charge in [-0.1, -0.05) is 12.1 Å². The summed E-state index contributed by atoms with van der Waals surface area (Å²) >= 11 is 0. The van der Waals surface area contributed by atoms with Gasteiger partial charge in [-0.15, -0.1) is 12.4 Å². The maximum atomic E-state index is 11.0. The summed E-state index contributed by atoms with van der Waals surface area (Å²) in [6.07, 6.45) is 2.41. The van der Waals surface area contributed by atoms with Gasteiger partial charge in [0, 0.05) is 24.7 Å². The molecule has 0 aromatic heterocycles. The van der Waals surface area contributed by atoms with Crippen molar-refractivity contribution < 1.29 is 4.79 Å². The van der Waals surface area contributed by atoms with Gasteiger partial charge in [-0.2, -0.15) is 0 Å². The summed E-state index contributed by atoms with van der Waals surface area (Å²) in [5.74, 6) is -0.377. The molecule has 1 aliphatic heterocycles. The number of carbonyl (C=O) groups excluding carboxylic acids is 1. The monoisotopic (exact) mass is 269 g/mol. The second-order valence-electron chi connectivity index (χ2n) is 4.56. The van der Waals surface area contributed by atoms with E-state index in [1.165, 1.54) is 18.4 Å². The number of halogens is 1. The molecule has 0 spiro atoms. The van der Waals surface area contributed by atoms with E-state index in [2.05, 4.69) is 4.90 Å². The van der Waals surface area contributed by atoms with Crippen LogP contribution in [0.3, 0.4) is 0 Å². The molecule has 0 bridgehead atoms. The molecule has 0 aliphatic carbocycles. The van der Waals surface area contributed by atoms with Crippen LogP contribution in [0.4, 0.5) is 0 Å². The molecule has 1 saturated heterocycles. The summed E-state index contributed by atoms with van der Waals surface area (Å²) in [5, 5.41) is 0. The molecule has 1 unspecified atom stereocenters. The Labute approximate surface area is 114 Å². The highest BCUT2D eigenvalue weighted by Crippen LogP contribution is 2.19. The molecule has 1 aromatic carbocycles. The largest absolute Gasteiger partial charge is 0.366 e. The summed E-state index contributed by atoms with van der Waals surface area (Å²) in [4.78, 5) is 13.4. The number of hydrogen-bond donors (Lipinski definition) is 2. The van der Waals surface area contributed by atoms with Gasteiger partial charge in [-0.25, -0.2) is 0 Å². The zero-order chi connectivity index (χ0) is 12.3. The van der Waals surface area contributed by atoms with Gasteiger partial charge in [0.15, 0.2) is 0 Å². The van der Waals surface area contributed by atoms with Gasteiger partial charge in [-0.3, -0.25) is 9.69 Å². The molecule has 5 heteroatoms. The van der Waals surface area contributed by atoms with Gasteiger partial charge < -0.3 is 11.5 Å². The Kier molecular flexibility index (Phi) is 5.59. The number of nitrogens with zero attached hydrogens (tertiary/aromatic N) is 1. The van der Waals surface area contributed by atoms with Crippen LogP contribution >= 0.6 is 12.4 Å². The van der Waals surface area contributed by atoms with E-state index in [9.17, 15) is 4.79 Å². The lowest BCUT2D eigenvalue weighted by Crippen LogP contribution is -2.34. The van der Waals surface area contributed by atoms with Crippen LogP contribution in [0.1, 0.15) is 28.8 Å². The number of likely N-dealkylation sites (tertiary alicyclic amines) is 1. The molecular formula is C13H20ClN3O. The number of rotatable bonds is 4. The highest BCUT2D eigenvalue weighted by Gasteiger charge is 2.22. The maximum absolute atomic E-state index is 11.0. The van der Waals surface area contributed by atoms with E-state index < -0.39 is 0 Å². The SMILES string of the molecule is Cl.NCC1CCCN1Cc1ccc(C(N)=O)cc1. The molecule has 100 valence electrons. The van der Waals surface area contributed by atoms with Crippen molar-refractivity contribution in [1.29, 1.82) is 0 Å². The van der Waals surface area contributed by atoms with Gasteiger partial charge in [-0.05, 0) is 37.1 Å². The van der Waals surface area contributed by atoms with Gasteiger partial charge >= 0.3 is 0 Å². The Bertz CT molecular complexity index is 394. The summed E-state index contributed by atoms with van der Waals surface area (Å²) < 4.78 is 0. The minimum atomic E-state index is -0.377. The molecule has 0 saturated carbocycles. The fraction of sp³-hybridized carbons (Fsp3) is 0.462. The van der Waals surface area contributed by atoms with Crippen LogP contribution in [0.15, 0.2) is 24.3 Å². The average molecular weight is 270 g/mol. The minimum Gasteiger partial charge on any atom is -0.366 e. The highest BCUT2D eigenvalue weighted by atomic mass is 35.5. The number of hydrogen-bond acceptors (Lipinski definition) is 3. The molecule has 4 N–H and O–H groups in total. The lowest BCUT2D eigenvalue weighted by Gasteiger charge is -2.23. The minimum absolute atomic E-state index is 0. The Morgan fingerprint density at radius 3 is 2.56 bits per heavy atom. The molecule has 2 rings (SSSR count). The van der Waals surface area contributed by atoms with Gasteiger partial charge in [0.05, 0.1) is 0 Å². The molecule has 1 aromatic rings. The first-order chi connectivity index (χ1) is 8.20. The average Bonchev–Trinajstić information content (AvgIpc) is 2.77. The number of benzene rings is 1. The van der Waals surface area contributed by atoms with Gasteiger partial charge in [0.1, 0.15) is 0 Å². The molecule has 1 atom stereocenters. The molecule has 4 nitrogen and oxygen atoms in total. The number of nitrogens with two attached hydrogens (primary N) is 2. The van der Waals surface area contributed by atoms with E-state index in [1.807, 2.05) is 12.1 Å². The standard InChI is InChI=1S/C13H19N3O.ClH/c14-8-12-2-1-7-16(12)9-10-3-5-11(6-4-10)13(15)17;/h3-6,12H,1-2,7-9,14H2,(H2,15,17);1H. The van der Waals surface area contributed by atoms with E-state index in [0.717, 1.165) is 19.6 Å². The fourth-order valence-corrected chi connectivity index (χ4v) is 2.38. The topological polar surface area (TPSA) is 72.3 Å². The first-order valence-electron chi connectivity index (χ1n) is 6.03. The Morgan fingerprint density at radius 1 is 1.33 bits per heavy atom. The van der Waals surface area contributed by atoms with E-state index in [4.69, 9.17) is 11.5 Å². The second-order valence-corrected chi connectivity index (χ2v) is 4.56. The van der Waals surface area contributed by atoms with Crippen molar-refractivity contribution in [3.63, 3.8) is 0 Å². The van der Waals surface area contributed by atoms with Gasteiger partial charge in [0.2, 0.25) is 5.91 Å². The van der Waals surface area contributed by atoms with E-state index >= 15 is 0 Å². The molecule has 1 heterocycles. The van der Waals surface area contributed by atoms with Crippen LogP contribution in [0.2, 0.25) is 0 Å². The smallest absolute Gasteiger partial charge is 0.248 e. The van der Waals surface area contributed by atoms with Crippen LogP contribution in [-0.2, 0) is 6.54 Å². The van der Waals surface area contributed by atoms with Crippen LogP contribution in [0.5, 0.6) is 0 Å². The number of amides is 1. The maximum Gasteiger partial charge on any atom is 0.248 e. The van der Waals surface area contributed by atoms with Crippen molar-refractivity contribution >= 4 is 18.3 Å². The van der Waals surface area contributed by atoms with E-state index in [1.54, 1.807) is 12.1 Å². The lowest BCUT2D eigenvalue weighted by molar-refractivity contribution is 0.100. The van der Waals surface area contributed by atoms with Crippen molar-refractivity contribution in [3.05, 3.63) is 35.4 Å². The molecule has 1 fully saturated rings. The zero-order valence-corrected chi connectivity index (χ0v) is 11.2. The van der Waals surface area contributed by atoms with Crippen LogP contribution in [0, 0.1) is 0 Å². The first-order valence-corrected chi connectivity index (χ1v) is 6.03. The molecule has 18 heavy (non-hydrogen) atoms. The van der Waals surface area contributed by atoms with Crippen molar-refractivity contribution in [3.8, 4) is 0 Å². The van der Waals surface area contributed by atoms with Crippen molar-refractivity contribution in [2.45, 2.75) is 25.4 Å². The second kappa shape index (κ2) is 6.73. The molecule has 1 amide bonds. The van der Waals surface area contributed by atoms with Crippen molar-refractivity contribution in [2.24, 2.45) is 11.5 Å². The van der Waals surface area contributed by atoms with Crippen LogP contribution < -0.4 is 11.5 Å². The van der Waals surface area contributed by atoms with E-state index in [0.29, 0.717) is 11.6 Å². The molecule has 0 radical (unpaired) electrons. The lowest BCUT2D eigenvalue weighted by atomic mass is 10.1. The Hall–Kier alpha value is -1.10. The molecular weight excluding hydrogens is 250 g/mol. The highest BCUT2D eigenvalue weighted by molar-refractivity contribution is 5.92. The van der Waals surface area contributed by atoms with E-state index in [-0.39, 0.29) is 18.3 Å². The quantitative estimate of drug-likeness (QED) is 0.861. The normalized spacial score (nSPS) is 19.5. The third-order valence-corrected chi connectivity index (χ3v) is 3.40. The predicted octanol–water partition coefficient (Wildman–Crippen LogP) is 1.13. The number of carbonyl (C=O) groups is 1. The van der Waals surface area contributed by atoms with Crippen LogP contribution in [-0.4, -0.2) is 29.9 Å². The Balaban J connectivity index is 0.00000162. The summed E-state index contributed by atoms with van der Waals surface area (Å²) in [6.45, 7) is 2.74. The predicted molar refractivity (Wildman–Crippen MR) is 74.7 cm³/mol. The first kappa shape index (κ1) is 15.0. The number of primary amides is 1.